The van der Waals surface area contributed by atoms with Gasteiger partial charge in [-0.2, -0.15) is 0 Å². The van der Waals surface area contributed by atoms with Gasteiger partial charge in [-0.1, -0.05) is 12.1 Å². The monoisotopic (exact) mass is 351 g/mol. The van der Waals surface area contributed by atoms with Crippen molar-refractivity contribution >= 4 is 11.7 Å². The highest BCUT2D eigenvalue weighted by molar-refractivity contribution is 5.90. The Morgan fingerprint density at radius 2 is 1.88 bits per heavy atom. The number of benzene rings is 1. The van der Waals surface area contributed by atoms with Crippen molar-refractivity contribution < 1.29 is 9.53 Å². The van der Waals surface area contributed by atoms with Gasteiger partial charge in [0.2, 0.25) is 5.88 Å². The number of nitrogens with zero attached hydrogens (tertiary/aromatic N) is 2. The van der Waals surface area contributed by atoms with Crippen molar-refractivity contribution in [1.29, 1.82) is 0 Å². The molecule has 5 nitrogen and oxygen atoms in total. The molecule has 3 heterocycles. The summed E-state index contributed by atoms with van der Waals surface area (Å²) in [6.45, 7) is 4.14. The molecule has 2 fully saturated rings. The minimum atomic E-state index is 0.0111. The molecule has 2 saturated heterocycles. The van der Waals surface area contributed by atoms with E-state index in [1.54, 1.807) is 6.20 Å². The lowest BCUT2D eigenvalue weighted by molar-refractivity contribution is 0.0704. The Bertz CT molecular complexity index is 779. The Morgan fingerprint density at radius 3 is 2.54 bits per heavy atom. The summed E-state index contributed by atoms with van der Waals surface area (Å²) in [6, 6.07) is 12.3. The Labute approximate surface area is 154 Å². The summed E-state index contributed by atoms with van der Waals surface area (Å²) < 4.78 is 6.04. The van der Waals surface area contributed by atoms with E-state index in [-0.39, 0.29) is 24.2 Å². The molecule has 2 aliphatic heterocycles. The number of urea groups is 1. The van der Waals surface area contributed by atoms with Crippen LogP contribution in [0.3, 0.4) is 0 Å². The van der Waals surface area contributed by atoms with Gasteiger partial charge < -0.3 is 15.0 Å². The SMILES string of the molecule is Cc1ccc(NC(=O)N2C3CCC2CC(Oc2ccccn2)C3)cc1C. The molecular formula is C21H25N3O2. The molecule has 0 saturated carbocycles. The fourth-order valence-corrected chi connectivity index (χ4v) is 4.15. The summed E-state index contributed by atoms with van der Waals surface area (Å²) >= 11 is 0. The number of nitrogens with one attached hydrogen (secondary N) is 1. The summed E-state index contributed by atoms with van der Waals surface area (Å²) in [5.41, 5.74) is 3.29. The predicted molar refractivity (Wildman–Crippen MR) is 101 cm³/mol. The van der Waals surface area contributed by atoms with Crippen LogP contribution in [0.4, 0.5) is 10.5 Å². The zero-order chi connectivity index (χ0) is 18.1. The van der Waals surface area contributed by atoms with Crippen LogP contribution >= 0.6 is 0 Å². The van der Waals surface area contributed by atoms with E-state index in [0.717, 1.165) is 31.4 Å². The molecule has 0 aliphatic carbocycles. The Balaban J connectivity index is 1.41. The van der Waals surface area contributed by atoms with Crippen LogP contribution < -0.4 is 10.1 Å². The third-order valence-electron chi connectivity index (χ3n) is 5.61. The topological polar surface area (TPSA) is 54.5 Å². The van der Waals surface area contributed by atoms with E-state index in [2.05, 4.69) is 24.1 Å². The lowest BCUT2D eigenvalue weighted by Crippen LogP contribution is -2.50. The number of anilines is 1. The van der Waals surface area contributed by atoms with Crippen LogP contribution in [-0.4, -0.2) is 34.1 Å². The third-order valence-corrected chi connectivity index (χ3v) is 5.61. The van der Waals surface area contributed by atoms with Crippen LogP contribution in [0.5, 0.6) is 5.88 Å². The van der Waals surface area contributed by atoms with Gasteiger partial charge >= 0.3 is 6.03 Å². The molecule has 2 unspecified atom stereocenters. The van der Waals surface area contributed by atoms with Gasteiger partial charge in [0, 0.05) is 42.9 Å². The van der Waals surface area contributed by atoms with Crippen LogP contribution in [-0.2, 0) is 0 Å². The maximum atomic E-state index is 12.9. The van der Waals surface area contributed by atoms with Gasteiger partial charge in [0.15, 0.2) is 0 Å². The van der Waals surface area contributed by atoms with Crippen LogP contribution in [0, 0.1) is 13.8 Å². The van der Waals surface area contributed by atoms with Crippen molar-refractivity contribution in [3.63, 3.8) is 0 Å². The molecule has 1 aromatic heterocycles. The van der Waals surface area contributed by atoms with Gasteiger partial charge in [-0.25, -0.2) is 9.78 Å². The first kappa shape index (κ1) is 16.9. The number of aromatic nitrogens is 1. The highest BCUT2D eigenvalue weighted by Crippen LogP contribution is 2.37. The zero-order valence-corrected chi connectivity index (χ0v) is 15.3. The lowest BCUT2D eigenvalue weighted by atomic mass is 10.00. The first-order valence-corrected chi connectivity index (χ1v) is 9.34. The predicted octanol–water partition coefficient (Wildman–Crippen LogP) is 4.30. The van der Waals surface area contributed by atoms with Crippen molar-refractivity contribution in [2.24, 2.45) is 0 Å². The summed E-state index contributed by atoms with van der Waals surface area (Å²) in [6.07, 6.45) is 5.71. The van der Waals surface area contributed by atoms with E-state index in [4.69, 9.17) is 4.74 Å². The quantitative estimate of drug-likeness (QED) is 0.897. The van der Waals surface area contributed by atoms with Crippen LogP contribution in [0.1, 0.15) is 36.8 Å². The summed E-state index contributed by atoms with van der Waals surface area (Å²) in [5.74, 6) is 0.671. The van der Waals surface area contributed by atoms with Crippen molar-refractivity contribution in [1.82, 2.24) is 9.88 Å². The van der Waals surface area contributed by atoms with Gasteiger partial charge in [0.05, 0.1) is 0 Å². The molecule has 0 radical (unpaired) electrons. The molecule has 5 heteroatoms. The van der Waals surface area contributed by atoms with Crippen molar-refractivity contribution in [2.75, 3.05) is 5.32 Å². The Kier molecular flexibility index (Phi) is 4.53. The average molecular weight is 351 g/mol. The minimum absolute atomic E-state index is 0.0111. The first-order chi connectivity index (χ1) is 12.6. The van der Waals surface area contributed by atoms with Crippen molar-refractivity contribution in [3.8, 4) is 5.88 Å². The summed E-state index contributed by atoms with van der Waals surface area (Å²) in [4.78, 5) is 19.1. The number of fused-ring (bicyclic) bond motifs is 2. The number of carbonyl (C=O) groups excluding carboxylic acids is 1. The van der Waals surface area contributed by atoms with Crippen LogP contribution in [0.25, 0.3) is 0 Å². The molecular weight excluding hydrogens is 326 g/mol. The third kappa shape index (κ3) is 3.39. The van der Waals surface area contributed by atoms with E-state index in [0.29, 0.717) is 5.88 Å². The number of hydrogen-bond acceptors (Lipinski definition) is 3. The van der Waals surface area contributed by atoms with Gasteiger partial charge in [0.25, 0.3) is 0 Å². The molecule has 2 amide bonds. The molecule has 2 aliphatic rings. The van der Waals surface area contributed by atoms with Gasteiger partial charge in [-0.3, -0.25) is 0 Å². The van der Waals surface area contributed by atoms with Crippen LogP contribution in [0.15, 0.2) is 42.6 Å². The fraction of sp³-hybridized carbons (Fsp3) is 0.429. The number of piperidine rings is 1. The molecule has 1 aromatic carbocycles. The van der Waals surface area contributed by atoms with E-state index in [9.17, 15) is 4.79 Å². The van der Waals surface area contributed by atoms with E-state index >= 15 is 0 Å². The largest absolute Gasteiger partial charge is 0.474 e. The molecule has 0 spiro atoms. The molecule has 1 N–H and O–H groups in total. The number of pyridine rings is 1. The maximum Gasteiger partial charge on any atom is 0.322 e. The molecule has 2 bridgehead atoms. The van der Waals surface area contributed by atoms with Gasteiger partial charge in [0.1, 0.15) is 6.10 Å². The first-order valence-electron chi connectivity index (χ1n) is 9.34. The second-order valence-corrected chi connectivity index (χ2v) is 7.40. The van der Waals surface area contributed by atoms with Gasteiger partial charge in [-0.15, -0.1) is 0 Å². The number of amides is 2. The number of rotatable bonds is 3. The second kappa shape index (κ2) is 6.98. The number of carbonyl (C=O) groups is 1. The Hall–Kier alpha value is -2.56. The van der Waals surface area contributed by atoms with Crippen LogP contribution in [0.2, 0.25) is 0 Å². The molecule has 2 atom stereocenters. The van der Waals surface area contributed by atoms with E-state index in [1.165, 1.54) is 11.1 Å². The summed E-state index contributed by atoms with van der Waals surface area (Å²) in [5, 5.41) is 3.08. The van der Waals surface area contributed by atoms with E-state index in [1.807, 2.05) is 41.3 Å². The van der Waals surface area contributed by atoms with Crippen molar-refractivity contribution in [2.45, 2.75) is 57.7 Å². The number of aryl methyl sites for hydroxylation is 2. The van der Waals surface area contributed by atoms with Crippen molar-refractivity contribution in [3.05, 3.63) is 53.7 Å². The number of ether oxygens (including phenoxy) is 1. The molecule has 26 heavy (non-hydrogen) atoms. The second-order valence-electron chi connectivity index (χ2n) is 7.40. The molecule has 2 aromatic rings. The molecule has 136 valence electrons. The Morgan fingerprint density at radius 1 is 1.12 bits per heavy atom. The summed E-state index contributed by atoms with van der Waals surface area (Å²) in [7, 11) is 0. The highest BCUT2D eigenvalue weighted by atomic mass is 16.5. The molecule has 4 rings (SSSR count). The lowest BCUT2D eigenvalue weighted by Gasteiger charge is -2.38. The number of hydrogen-bond donors (Lipinski definition) is 1. The highest BCUT2D eigenvalue weighted by Gasteiger charge is 2.44. The average Bonchev–Trinajstić information content (AvgIpc) is 2.90. The zero-order valence-electron chi connectivity index (χ0n) is 15.3. The minimum Gasteiger partial charge on any atom is -0.474 e. The van der Waals surface area contributed by atoms with Gasteiger partial charge in [-0.05, 0) is 56.0 Å². The smallest absolute Gasteiger partial charge is 0.322 e. The normalized spacial score (nSPS) is 24.4. The fourth-order valence-electron chi connectivity index (χ4n) is 4.15. The van der Waals surface area contributed by atoms with E-state index < -0.39 is 0 Å². The standard InChI is InChI=1S/C21H25N3O2/c1-14-6-7-16(11-15(14)2)23-21(25)24-17-8-9-18(24)13-19(12-17)26-20-5-3-4-10-22-20/h3-7,10-11,17-19H,8-9,12-13H2,1-2H3,(H,23,25). The maximum absolute atomic E-state index is 12.9.